The van der Waals surface area contributed by atoms with Gasteiger partial charge in [-0.1, -0.05) is 0 Å². The van der Waals surface area contributed by atoms with Gasteiger partial charge in [0.15, 0.2) is 27.3 Å². The van der Waals surface area contributed by atoms with Crippen molar-refractivity contribution in [3.8, 4) is 5.75 Å². The van der Waals surface area contributed by atoms with Crippen LogP contribution in [0.1, 0.15) is 19.4 Å². The van der Waals surface area contributed by atoms with Gasteiger partial charge in [-0.3, -0.25) is 0 Å². The maximum absolute atomic E-state index is 13.4. The molecule has 0 spiro atoms. The topological polar surface area (TPSA) is 54.4 Å². The molecule has 0 fully saturated rings. The monoisotopic (exact) mass is 268 g/mol. The molecule has 0 aliphatic rings. The van der Waals surface area contributed by atoms with E-state index in [1.807, 2.05) is 0 Å². The lowest BCUT2D eigenvalue weighted by Gasteiger charge is -2.13. The van der Waals surface area contributed by atoms with Crippen molar-refractivity contribution in [2.75, 3.05) is 0 Å². The molecule has 0 bridgehead atoms. The van der Waals surface area contributed by atoms with E-state index in [1.165, 1.54) is 13.8 Å². The molecule has 96 valence electrons. The number of aromatic hydroxyl groups is 1. The van der Waals surface area contributed by atoms with Gasteiger partial charge in [0.05, 0.1) is 5.25 Å². The van der Waals surface area contributed by atoms with E-state index in [2.05, 4.69) is 0 Å². The Hall–Kier alpha value is -1.24. The maximum atomic E-state index is 13.4. The van der Waals surface area contributed by atoms with E-state index < -0.39 is 48.7 Å². The van der Waals surface area contributed by atoms with Crippen LogP contribution in [0.2, 0.25) is 0 Å². The van der Waals surface area contributed by atoms with Crippen molar-refractivity contribution in [2.45, 2.75) is 30.9 Å². The second-order valence-corrected chi connectivity index (χ2v) is 6.28. The molecule has 1 aromatic rings. The van der Waals surface area contributed by atoms with Gasteiger partial charge in [-0.25, -0.2) is 21.6 Å². The average Bonchev–Trinajstić information content (AvgIpc) is 2.23. The highest BCUT2D eigenvalue weighted by atomic mass is 32.2. The van der Waals surface area contributed by atoms with Crippen molar-refractivity contribution in [1.82, 2.24) is 0 Å². The molecule has 0 unspecified atom stereocenters. The number of hydrogen-bond donors (Lipinski definition) is 1. The molecule has 3 nitrogen and oxygen atoms in total. The molecular weight excluding hydrogens is 257 g/mol. The molecular formula is C10H11F3O3S. The Morgan fingerprint density at radius 3 is 1.94 bits per heavy atom. The number of hydrogen-bond acceptors (Lipinski definition) is 3. The highest BCUT2D eigenvalue weighted by Crippen LogP contribution is 2.35. The quantitative estimate of drug-likeness (QED) is 0.661. The lowest BCUT2D eigenvalue weighted by molar-refractivity contribution is 0.388. The third-order valence-electron chi connectivity index (χ3n) is 2.39. The minimum absolute atomic E-state index is 0.636. The SMILES string of the molecule is Cc1c(O)c(S(=O)(=O)C(C)C)c(F)c(F)c1F. The van der Waals surface area contributed by atoms with Crippen molar-refractivity contribution in [3.05, 3.63) is 23.0 Å². The van der Waals surface area contributed by atoms with Crippen molar-refractivity contribution in [2.24, 2.45) is 0 Å². The Bertz CT molecular complexity index is 536. The van der Waals surface area contributed by atoms with Crippen LogP contribution in [0.3, 0.4) is 0 Å². The number of phenolic OH excluding ortho intramolecular Hbond substituents is 1. The van der Waals surface area contributed by atoms with Crippen LogP contribution >= 0.6 is 0 Å². The average molecular weight is 268 g/mol. The normalized spacial score (nSPS) is 12.2. The van der Waals surface area contributed by atoms with Gasteiger partial charge in [-0.2, -0.15) is 0 Å². The summed E-state index contributed by atoms with van der Waals surface area (Å²) in [4.78, 5) is -1.19. The van der Waals surface area contributed by atoms with E-state index in [4.69, 9.17) is 0 Å². The molecule has 0 atom stereocenters. The number of rotatable bonds is 2. The molecule has 0 radical (unpaired) electrons. The summed E-state index contributed by atoms with van der Waals surface area (Å²) in [7, 11) is -4.23. The summed E-state index contributed by atoms with van der Waals surface area (Å²) in [6, 6.07) is 0. The van der Waals surface area contributed by atoms with Gasteiger partial charge in [-0.05, 0) is 20.8 Å². The van der Waals surface area contributed by atoms with Gasteiger partial charge >= 0.3 is 0 Å². The summed E-state index contributed by atoms with van der Waals surface area (Å²) in [5.74, 6) is -6.48. The molecule has 0 aliphatic heterocycles. The first-order chi connectivity index (χ1) is 7.62. The fourth-order valence-corrected chi connectivity index (χ4v) is 2.47. The number of halogens is 3. The molecule has 0 amide bonds. The second-order valence-electron chi connectivity index (χ2n) is 3.84. The van der Waals surface area contributed by atoms with Crippen molar-refractivity contribution in [3.63, 3.8) is 0 Å². The summed E-state index contributed by atoms with van der Waals surface area (Å²) in [6.07, 6.45) is 0. The summed E-state index contributed by atoms with van der Waals surface area (Å²) < 4.78 is 63.0. The molecule has 0 aromatic heterocycles. The van der Waals surface area contributed by atoms with E-state index in [0.29, 0.717) is 0 Å². The molecule has 0 saturated carbocycles. The highest BCUT2D eigenvalue weighted by Gasteiger charge is 2.32. The maximum Gasteiger partial charge on any atom is 0.196 e. The number of sulfone groups is 1. The lowest BCUT2D eigenvalue weighted by atomic mass is 10.2. The smallest absolute Gasteiger partial charge is 0.196 e. The van der Waals surface area contributed by atoms with E-state index in [-0.39, 0.29) is 0 Å². The van der Waals surface area contributed by atoms with Gasteiger partial charge in [0, 0.05) is 5.56 Å². The summed E-state index contributed by atoms with van der Waals surface area (Å²) in [5.41, 5.74) is -0.636. The van der Waals surface area contributed by atoms with Gasteiger partial charge in [0.1, 0.15) is 10.6 Å². The fourth-order valence-electron chi connectivity index (χ4n) is 1.23. The van der Waals surface area contributed by atoms with E-state index in [1.54, 1.807) is 0 Å². The second kappa shape index (κ2) is 4.21. The Labute approximate surface area is 96.8 Å². The van der Waals surface area contributed by atoms with Crippen LogP contribution in [0.25, 0.3) is 0 Å². The van der Waals surface area contributed by atoms with E-state index >= 15 is 0 Å². The molecule has 0 heterocycles. The summed E-state index contributed by atoms with van der Waals surface area (Å²) in [5, 5.41) is 8.38. The number of phenols is 1. The van der Waals surface area contributed by atoms with Crippen LogP contribution in [0, 0.1) is 24.4 Å². The van der Waals surface area contributed by atoms with Crippen LogP contribution in [0.4, 0.5) is 13.2 Å². The van der Waals surface area contributed by atoms with Gasteiger partial charge < -0.3 is 5.11 Å². The zero-order valence-corrected chi connectivity index (χ0v) is 10.2. The summed E-state index contributed by atoms with van der Waals surface area (Å²) >= 11 is 0. The highest BCUT2D eigenvalue weighted by molar-refractivity contribution is 7.92. The van der Waals surface area contributed by atoms with E-state index in [9.17, 15) is 26.7 Å². The minimum Gasteiger partial charge on any atom is -0.506 e. The Morgan fingerprint density at radius 1 is 1.06 bits per heavy atom. The van der Waals surface area contributed by atoms with Crippen LogP contribution in [-0.4, -0.2) is 18.8 Å². The van der Waals surface area contributed by atoms with Crippen LogP contribution in [0.15, 0.2) is 4.90 Å². The third kappa shape index (κ3) is 1.99. The van der Waals surface area contributed by atoms with Gasteiger partial charge in [0.2, 0.25) is 0 Å². The minimum atomic E-state index is -4.23. The summed E-state index contributed by atoms with van der Waals surface area (Å²) in [6.45, 7) is 3.45. The molecule has 0 saturated heterocycles. The fraction of sp³-hybridized carbons (Fsp3) is 0.400. The largest absolute Gasteiger partial charge is 0.506 e. The van der Waals surface area contributed by atoms with Gasteiger partial charge in [-0.15, -0.1) is 0 Å². The molecule has 0 aliphatic carbocycles. The Kier molecular flexibility index (Phi) is 3.42. The first kappa shape index (κ1) is 13.8. The molecule has 7 heteroatoms. The Morgan fingerprint density at radius 2 is 1.53 bits per heavy atom. The molecule has 1 aromatic carbocycles. The van der Waals surface area contributed by atoms with Crippen LogP contribution < -0.4 is 0 Å². The molecule has 1 N–H and O–H groups in total. The Balaban J connectivity index is 3.80. The first-order valence-corrected chi connectivity index (χ1v) is 6.26. The van der Waals surface area contributed by atoms with Crippen molar-refractivity contribution < 1.29 is 26.7 Å². The van der Waals surface area contributed by atoms with Crippen LogP contribution in [-0.2, 0) is 9.84 Å². The van der Waals surface area contributed by atoms with Gasteiger partial charge in [0.25, 0.3) is 0 Å². The first-order valence-electron chi connectivity index (χ1n) is 4.72. The standard InChI is InChI=1S/C10H11F3O3S/c1-4(2)17(15,16)10-8(13)7(12)6(11)5(3)9(10)14/h4,14H,1-3H3. The zero-order valence-electron chi connectivity index (χ0n) is 9.38. The molecule has 1 rings (SSSR count). The third-order valence-corrected chi connectivity index (χ3v) is 4.57. The number of benzene rings is 1. The zero-order chi connectivity index (χ0) is 13.5. The van der Waals surface area contributed by atoms with Crippen LogP contribution in [0.5, 0.6) is 5.75 Å². The molecule has 17 heavy (non-hydrogen) atoms. The van der Waals surface area contributed by atoms with Crippen molar-refractivity contribution >= 4 is 9.84 Å². The predicted octanol–water partition coefficient (Wildman–Crippen LogP) is 2.30. The van der Waals surface area contributed by atoms with Crippen molar-refractivity contribution in [1.29, 1.82) is 0 Å². The predicted molar refractivity (Wildman–Crippen MR) is 55.0 cm³/mol. The lowest BCUT2D eigenvalue weighted by Crippen LogP contribution is -2.17. The van der Waals surface area contributed by atoms with E-state index in [0.717, 1.165) is 6.92 Å².